The van der Waals surface area contributed by atoms with Crippen molar-refractivity contribution in [1.82, 2.24) is 15.3 Å². The highest BCUT2D eigenvalue weighted by atomic mass is 35.5. The van der Waals surface area contributed by atoms with E-state index in [1.807, 2.05) is 4.90 Å². The van der Waals surface area contributed by atoms with Gasteiger partial charge in [-0.25, -0.2) is 9.37 Å². The third-order valence-corrected chi connectivity index (χ3v) is 6.31. The Balaban J connectivity index is 1.56. The van der Waals surface area contributed by atoms with E-state index in [-0.39, 0.29) is 23.8 Å². The van der Waals surface area contributed by atoms with Crippen LogP contribution in [0.25, 0.3) is 0 Å². The van der Waals surface area contributed by atoms with Crippen molar-refractivity contribution in [3.05, 3.63) is 51.6 Å². The number of rotatable bonds is 6. The van der Waals surface area contributed by atoms with Crippen LogP contribution in [0.5, 0.6) is 5.75 Å². The Bertz CT molecular complexity index is 1150. The van der Waals surface area contributed by atoms with E-state index < -0.39 is 5.82 Å². The Morgan fingerprint density at radius 2 is 2.03 bits per heavy atom. The summed E-state index contributed by atoms with van der Waals surface area (Å²) in [7, 11) is 1.51. The largest absolute Gasteiger partial charge is 0.495 e. The molecule has 0 unspecified atom stereocenters. The first-order valence-electron chi connectivity index (χ1n) is 10.4. The van der Waals surface area contributed by atoms with Crippen molar-refractivity contribution in [2.75, 3.05) is 35.7 Å². The summed E-state index contributed by atoms with van der Waals surface area (Å²) in [5.41, 5.74) is 0.956. The average molecular weight is 491 g/mol. The Kier molecular flexibility index (Phi) is 6.96. The van der Waals surface area contributed by atoms with Crippen LogP contribution in [0, 0.1) is 5.82 Å². The second-order valence-corrected chi connectivity index (χ2v) is 9.55. The van der Waals surface area contributed by atoms with Crippen molar-refractivity contribution < 1.29 is 13.9 Å². The highest BCUT2D eigenvalue weighted by molar-refractivity contribution is 7.18. The van der Waals surface area contributed by atoms with Crippen LogP contribution in [0.15, 0.2) is 36.5 Å². The molecule has 1 aromatic carbocycles. The monoisotopic (exact) mass is 490 g/mol. The number of halogens is 2. The Hall–Kier alpha value is -2.95. The van der Waals surface area contributed by atoms with Crippen LogP contribution in [0.1, 0.15) is 23.5 Å². The molecule has 8 nitrogen and oxygen atoms in total. The fourth-order valence-electron chi connectivity index (χ4n) is 3.73. The summed E-state index contributed by atoms with van der Waals surface area (Å²) >= 11 is 7.10. The minimum absolute atomic E-state index is 0.0475. The molecule has 3 aromatic rings. The second kappa shape index (κ2) is 9.90. The van der Waals surface area contributed by atoms with Crippen LogP contribution in [0.4, 0.5) is 27.5 Å². The molecular formula is C22H24ClFN6O2S. The number of anilines is 4. The summed E-state index contributed by atoms with van der Waals surface area (Å²) in [5.74, 6) is 0.0654. The van der Waals surface area contributed by atoms with Gasteiger partial charge in [-0.05, 0) is 44.2 Å². The summed E-state index contributed by atoms with van der Waals surface area (Å²) in [4.78, 5) is 23.7. The molecule has 1 aliphatic heterocycles. The van der Waals surface area contributed by atoms with Crippen molar-refractivity contribution in [3.8, 4) is 5.75 Å². The molecule has 1 saturated heterocycles. The molecule has 1 aliphatic rings. The van der Waals surface area contributed by atoms with Gasteiger partial charge in [0.1, 0.15) is 5.75 Å². The number of ether oxygens (including phenoxy) is 1. The molecule has 3 heterocycles. The molecule has 174 valence electrons. The number of piperazine rings is 1. The smallest absolute Gasteiger partial charge is 0.265 e. The van der Waals surface area contributed by atoms with Gasteiger partial charge in [0.05, 0.1) is 28.2 Å². The van der Waals surface area contributed by atoms with Crippen LogP contribution < -0.4 is 25.6 Å². The molecular weight excluding hydrogens is 467 g/mol. The number of nitrogens with one attached hydrogen (secondary N) is 3. The molecule has 2 atom stereocenters. The molecule has 2 aromatic heterocycles. The van der Waals surface area contributed by atoms with Gasteiger partial charge in [-0.15, -0.1) is 11.3 Å². The minimum Gasteiger partial charge on any atom is -0.495 e. The maximum atomic E-state index is 14.5. The van der Waals surface area contributed by atoms with Gasteiger partial charge in [0.15, 0.2) is 11.6 Å². The van der Waals surface area contributed by atoms with Crippen molar-refractivity contribution in [2.24, 2.45) is 0 Å². The molecule has 3 N–H and O–H groups in total. The molecule has 11 heteroatoms. The van der Waals surface area contributed by atoms with Gasteiger partial charge in [0, 0.05) is 30.9 Å². The molecule has 0 radical (unpaired) electrons. The lowest BCUT2D eigenvalue weighted by atomic mass is 10.1. The minimum atomic E-state index is -0.579. The van der Waals surface area contributed by atoms with E-state index in [0.717, 1.165) is 19.3 Å². The fourth-order valence-corrected chi connectivity index (χ4v) is 4.67. The predicted molar refractivity (Wildman–Crippen MR) is 130 cm³/mol. The summed E-state index contributed by atoms with van der Waals surface area (Å²) in [5, 5.41) is 9.25. The maximum absolute atomic E-state index is 14.5. The van der Waals surface area contributed by atoms with Crippen LogP contribution in [0.2, 0.25) is 4.34 Å². The van der Waals surface area contributed by atoms with Crippen LogP contribution >= 0.6 is 22.9 Å². The van der Waals surface area contributed by atoms with Gasteiger partial charge in [-0.3, -0.25) is 4.79 Å². The first-order valence-corrected chi connectivity index (χ1v) is 11.6. The SMILES string of the molecule is COc1ccc(Nc2nc(N3C[C@@H](C)N[C@@H](C)C3)ncc2F)cc1NC(=O)c1ccc(Cl)s1. The maximum Gasteiger partial charge on any atom is 0.265 e. The zero-order chi connectivity index (χ0) is 23.5. The van der Waals surface area contributed by atoms with Crippen molar-refractivity contribution >= 4 is 52.0 Å². The highest BCUT2D eigenvalue weighted by Gasteiger charge is 2.24. The molecule has 1 fully saturated rings. The van der Waals surface area contributed by atoms with Gasteiger partial charge in [-0.2, -0.15) is 4.98 Å². The number of amides is 1. The Morgan fingerprint density at radius 3 is 2.70 bits per heavy atom. The number of thiophene rings is 1. The van der Waals surface area contributed by atoms with Gasteiger partial charge < -0.3 is 25.6 Å². The number of carbonyl (C=O) groups excluding carboxylic acids is 1. The Morgan fingerprint density at radius 1 is 1.27 bits per heavy atom. The fraction of sp³-hybridized carbons (Fsp3) is 0.318. The van der Waals surface area contributed by atoms with E-state index in [4.69, 9.17) is 16.3 Å². The van der Waals surface area contributed by atoms with E-state index in [1.54, 1.807) is 30.3 Å². The zero-order valence-electron chi connectivity index (χ0n) is 18.4. The van der Waals surface area contributed by atoms with Crippen molar-refractivity contribution in [1.29, 1.82) is 0 Å². The number of carbonyl (C=O) groups is 1. The summed E-state index contributed by atoms with van der Waals surface area (Å²) < 4.78 is 20.4. The van der Waals surface area contributed by atoms with Crippen LogP contribution in [0.3, 0.4) is 0 Å². The first kappa shape index (κ1) is 23.2. The third kappa shape index (κ3) is 5.52. The van der Waals surface area contributed by atoms with E-state index in [2.05, 4.69) is 39.8 Å². The van der Waals surface area contributed by atoms with Crippen molar-refractivity contribution in [3.63, 3.8) is 0 Å². The van der Waals surface area contributed by atoms with E-state index >= 15 is 0 Å². The quantitative estimate of drug-likeness (QED) is 0.468. The number of hydrogen-bond acceptors (Lipinski definition) is 8. The lowest BCUT2D eigenvalue weighted by Crippen LogP contribution is -2.54. The third-order valence-electron chi connectivity index (χ3n) is 5.08. The molecule has 0 aliphatic carbocycles. The highest BCUT2D eigenvalue weighted by Crippen LogP contribution is 2.31. The molecule has 0 saturated carbocycles. The van der Waals surface area contributed by atoms with Gasteiger partial charge in [-0.1, -0.05) is 11.6 Å². The molecule has 0 bridgehead atoms. The lowest BCUT2D eigenvalue weighted by Gasteiger charge is -2.36. The number of hydrogen-bond donors (Lipinski definition) is 3. The summed E-state index contributed by atoms with van der Waals surface area (Å²) in [6.45, 7) is 5.62. The molecule has 0 spiro atoms. The second-order valence-electron chi connectivity index (χ2n) is 7.84. The van der Waals surface area contributed by atoms with Gasteiger partial charge >= 0.3 is 0 Å². The Labute approximate surface area is 200 Å². The molecule has 1 amide bonds. The van der Waals surface area contributed by atoms with Crippen LogP contribution in [-0.2, 0) is 0 Å². The lowest BCUT2D eigenvalue weighted by molar-refractivity contribution is 0.103. The molecule has 4 rings (SSSR count). The first-order chi connectivity index (χ1) is 15.8. The average Bonchev–Trinajstić information content (AvgIpc) is 3.21. The van der Waals surface area contributed by atoms with E-state index in [1.165, 1.54) is 18.4 Å². The van der Waals surface area contributed by atoms with E-state index in [9.17, 15) is 9.18 Å². The van der Waals surface area contributed by atoms with Gasteiger partial charge in [0.25, 0.3) is 5.91 Å². The standard InChI is InChI=1S/C22H24ClFN6O2S/c1-12-10-30(11-13(2)26-12)22-25-9-15(24)20(29-22)27-14-4-5-17(32-3)16(8-14)28-21(31)18-6-7-19(23)33-18/h4-9,12-13,26H,10-11H2,1-3H3,(H,28,31)(H,25,27,29)/t12-,13+. The number of nitrogens with zero attached hydrogens (tertiary/aromatic N) is 3. The number of methoxy groups -OCH3 is 1. The zero-order valence-corrected chi connectivity index (χ0v) is 19.9. The van der Waals surface area contributed by atoms with E-state index in [0.29, 0.717) is 32.3 Å². The predicted octanol–water partition coefficient (Wildman–Crippen LogP) is 4.52. The summed E-state index contributed by atoms with van der Waals surface area (Å²) in [6, 6.07) is 8.89. The summed E-state index contributed by atoms with van der Waals surface area (Å²) in [6.07, 6.45) is 1.16. The number of aromatic nitrogens is 2. The molecule has 33 heavy (non-hydrogen) atoms. The number of benzene rings is 1. The normalized spacial score (nSPS) is 18.2. The van der Waals surface area contributed by atoms with Crippen molar-refractivity contribution in [2.45, 2.75) is 25.9 Å². The topological polar surface area (TPSA) is 91.4 Å². The van der Waals surface area contributed by atoms with Gasteiger partial charge in [0.2, 0.25) is 5.95 Å². The van der Waals surface area contributed by atoms with Crippen LogP contribution in [-0.4, -0.2) is 48.2 Å².